The third-order valence-electron chi connectivity index (χ3n) is 2.22. The molecule has 0 unspecified atom stereocenters. The average Bonchev–Trinajstić information content (AvgIpc) is 2.70. The Kier molecular flexibility index (Phi) is 4.27. The number of thiazole rings is 1. The van der Waals surface area contributed by atoms with Gasteiger partial charge in [0.1, 0.15) is 9.88 Å². The topological polar surface area (TPSA) is 50.2 Å². The van der Waals surface area contributed by atoms with Crippen LogP contribution in [-0.2, 0) is 5.75 Å². The molecule has 1 aromatic heterocycles. The molecule has 94 valence electrons. The van der Waals surface area contributed by atoms with Crippen LogP contribution in [0.25, 0.3) is 0 Å². The van der Waals surface area contributed by atoms with E-state index in [1.807, 2.05) is 24.3 Å². The molecule has 6 heteroatoms. The maximum absolute atomic E-state index is 10.9. The Morgan fingerprint density at radius 3 is 2.83 bits per heavy atom. The van der Waals surface area contributed by atoms with Gasteiger partial charge in [-0.25, -0.2) is 9.78 Å². The molecule has 0 aliphatic heterocycles. The summed E-state index contributed by atoms with van der Waals surface area (Å²) in [5.74, 6) is -0.290. The minimum atomic E-state index is -0.918. The smallest absolute Gasteiger partial charge is 0.347 e. The fraction of sp³-hybridized carbons (Fsp3) is 0.167. The first-order valence-corrected chi connectivity index (χ1v) is 7.33. The molecule has 1 aromatic carbocycles. The second kappa shape index (κ2) is 5.73. The second-order valence-electron chi connectivity index (χ2n) is 3.55. The van der Waals surface area contributed by atoms with Crippen LogP contribution in [0.2, 0.25) is 5.02 Å². The first kappa shape index (κ1) is 13.4. The summed E-state index contributed by atoms with van der Waals surface area (Å²) >= 11 is 8.82. The Hall–Kier alpha value is -1.04. The van der Waals surface area contributed by atoms with E-state index in [2.05, 4.69) is 4.98 Å². The number of aromatic nitrogens is 1. The lowest BCUT2D eigenvalue weighted by Gasteiger charge is -2.01. The van der Waals surface area contributed by atoms with E-state index in [1.54, 1.807) is 18.7 Å². The molecule has 0 aliphatic rings. The van der Waals surface area contributed by atoms with Gasteiger partial charge in [-0.05, 0) is 19.1 Å². The van der Waals surface area contributed by atoms with Gasteiger partial charge in [0.15, 0.2) is 0 Å². The van der Waals surface area contributed by atoms with E-state index >= 15 is 0 Å². The number of hydrogen-bond acceptors (Lipinski definition) is 4. The molecule has 0 amide bonds. The van der Waals surface area contributed by atoms with Gasteiger partial charge in [0.2, 0.25) is 0 Å². The van der Waals surface area contributed by atoms with Crippen molar-refractivity contribution in [3.63, 3.8) is 0 Å². The molecule has 1 heterocycles. The number of halogens is 1. The van der Waals surface area contributed by atoms with Gasteiger partial charge in [-0.15, -0.1) is 23.1 Å². The van der Waals surface area contributed by atoms with E-state index in [9.17, 15) is 4.79 Å². The molecular formula is C12H10ClNO2S2. The number of benzene rings is 1. The number of aromatic carboxylic acids is 1. The van der Waals surface area contributed by atoms with E-state index < -0.39 is 5.97 Å². The van der Waals surface area contributed by atoms with Crippen molar-refractivity contribution in [1.82, 2.24) is 4.98 Å². The van der Waals surface area contributed by atoms with E-state index in [0.29, 0.717) is 21.3 Å². The SMILES string of the molecule is Cc1nc(CSc2ccccc2Cl)sc1C(=O)O. The number of thioether (sulfide) groups is 1. The molecule has 0 saturated heterocycles. The lowest BCUT2D eigenvalue weighted by molar-refractivity contribution is 0.0701. The Morgan fingerprint density at radius 1 is 1.50 bits per heavy atom. The third-order valence-corrected chi connectivity index (χ3v) is 5.08. The maximum atomic E-state index is 10.9. The standard InChI is InChI=1S/C12H10ClNO2S2/c1-7-11(12(15)16)18-10(14-7)6-17-9-5-3-2-4-8(9)13/h2-5H,6H2,1H3,(H,15,16). The zero-order valence-corrected chi connectivity index (χ0v) is 11.9. The molecule has 0 saturated carbocycles. The highest BCUT2D eigenvalue weighted by Crippen LogP contribution is 2.31. The summed E-state index contributed by atoms with van der Waals surface area (Å²) in [6.07, 6.45) is 0. The van der Waals surface area contributed by atoms with Gasteiger partial charge >= 0.3 is 5.97 Å². The Labute approximate surface area is 118 Å². The summed E-state index contributed by atoms with van der Waals surface area (Å²) in [7, 11) is 0. The predicted octanol–water partition coefficient (Wildman–Crippen LogP) is 4.10. The molecule has 0 atom stereocenters. The molecule has 0 bridgehead atoms. The minimum absolute atomic E-state index is 0.310. The number of rotatable bonds is 4. The molecular weight excluding hydrogens is 290 g/mol. The van der Waals surface area contributed by atoms with Crippen molar-refractivity contribution in [2.24, 2.45) is 0 Å². The molecule has 0 fully saturated rings. The molecule has 0 radical (unpaired) electrons. The Balaban J connectivity index is 2.09. The zero-order chi connectivity index (χ0) is 13.1. The van der Waals surface area contributed by atoms with E-state index in [-0.39, 0.29) is 0 Å². The third kappa shape index (κ3) is 3.04. The van der Waals surface area contributed by atoms with Crippen LogP contribution >= 0.6 is 34.7 Å². The van der Waals surface area contributed by atoms with Gasteiger partial charge in [0, 0.05) is 4.90 Å². The first-order chi connectivity index (χ1) is 8.58. The fourth-order valence-electron chi connectivity index (χ4n) is 1.41. The van der Waals surface area contributed by atoms with Crippen molar-refractivity contribution in [2.45, 2.75) is 17.6 Å². The van der Waals surface area contributed by atoms with Gasteiger partial charge < -0.3 is 5.11 Å². The van der Waals surface area contributed by atoms with Crippen molar-refractivity contribution in [2.75, 3.05) is 0 Å². The van der Waals surface area contributed by atoms with Crippen molar-refractivity contribution in [3.05, 3.63) is 44.9 Å². The van der Waals surface area contributed by atoms with E-state index in [4.69, 9.17) is 16.7 Å². The van der Waals surface area contributed by atoms with Gasteiger partial charge in [0.25, 0.3) is 0 Å². The summed E-state index contributed by atoms with van der Waals surface area (Å²) in [4.78, 5) is 16.4. The van der Waals surface area contributed by atoms with Crippen LogP contribution in [0, 0.1) is 6.92 Å². The Bertz CT molecular complexity index is 583. The van der Waals surface area contributed by atoms with Crippen LogP contribution in [0.5, 0.6) is 0 Å². The Morgan fingerprint density at radius 2 is 2.22 bits per heavy atom. The van der Waals surface area contributed by atoms with Crippen LogP contribution in [0.3, 0.4) is 0 Å². The van der Waals surface area contributed by atoms with Gasteiger partial charge in [-0.3, -0.25) is 0 Å². The number of aryl methyl sites for hydroxylation is 1. The molecule has 2 aromatic rings. The molecule has 2 rings (SSSR count). The quantitative estimate of drug-likeness (QED) is 0.864. The average molecular weight is 300 g/mol. The van der Waals surface area contributed by atoms with Crippen molar-refractivity contribution in [3.8, 4) is 0 Å². The normalized spacial score (nSPS) is 10.6. The number of carbonyl (C=O) groups is 1. The monoisotopic (exact) mass is 299 g/mol. The van der Waals surface area contributed by atoms with Crippen LogP contribution in [0.4, 0.5) is 0 Å². The number of carboxylic acids is 1. The lowest BCUT2D eigenvalue weighted by atomic mass is 10.4. The van der Waals surface area contributed by atoms with Crippen LogP contribution in [0.15, 0.2) is 29.2 Å². The number of nitrogens with zero attached hydrogens (tertiary/aromatic N) is 1. The summed E-state index contributed by atoms with van der Waals surface area (Å²) in [5.41, 5.74) is 0.572. The molecule has 0 spiro atoms. The van der Waals surface area contributed by atoms with Crippen molar-refractivity contribution < 1.29 is 9.90 Å². The first-order valence-electron chi connectivity index (χ1n) is 5.15. The molecule has 1 N–H and O–H groups in total. The summed E-state index contributed by atoms with van der Waals surface area (Å²) in [6.45, 7) is 1.71. The van der Waals surface area contributed by atoms with Gasteiger partial charge in [-0.2, -0.15) is 0 Å². The van der Waals surface area contributed by atoms with Crippen molar-refractivity contribution in [1.29, 1.82) is 0 Å². The highest BCUT2D eigenvalue weighted by molar-refractivity contribution is 7.98. The fourth-order valence-corrected chi connectivity index (χ4v) is 3.55. The molecule has 18 heavy (non-hydrogen) atoms. The highest BCUT2D eigenvalue weighted by atomic mass is 35.5. The number of hydrogen-bond donors (Lipinski definition) is 1. The predicted molar refractivity (Wildman–Crippen MR) is 74.8 cm³/mol. The highest BCUT2D eigenvalue weighted by Gasteiger charge is 2.14. The summed E-state index contributed by atoms with van der Waals surface area (Å²) < 4.78 is 0. The minimum Gasteiger partial charge on any atom is -0.477 e. The zero-order valence-electron chi connectivity index (χ0n) is 9.51. The van der Waals surface area contributed by atoms with Gasteiger partial charge in [0.05, 0.1) is 16.5 Å². The maximum Gasteiger partial charge on any atom is 0.347 e. The van der Waals surface area contributed by atoms with Crippen molar-refractivity contribution >= 4 is 40.7 Å². The van der Waals surface area contributed by atoms with Crippen LogP contribution < -0.4 is 0 Å². The summed E-state index contributed by atoms with van der Waals surface area (Å²) in [5, 5.41) is 10.5. The molecule has 3 nitrogen and oxygen atoms in total. The van der Waals surface area contributed by atoms with E-state index in [1.165, 1.54) is 11.3 Å². The van der Waals surface area contributed by atoms with Gasteiger partial charge in [-0.1, -0.05) is 23.7 Å². The second-order valence-corrected chi connectivity index (χ2v) is 6.05. The van der Waals surface area contributed by atoms with E-state index in [0.717, 1.165) is 9.90 Å². The lowest BCUT2D eigenvalue weighted by Crippen LogP contribution is -1.94. The van der Waals surface area contributed by atoms with Crippen LogP contribution in [-0.4, -0.2) is 16.1 Å². The molecule has 0 aliphatic carbocycles. The largest absolute Gasteiger partial charge is 0.477 e. The number of carboxylic acid groups (broad SMARTS) is 1. The summed E-state index contributed by atoms with van der Waals surface area (Å²) in [6, 6.07) is 7.57. The van der Waals surface area contributed by atoms with Crippen LogP contribution in [0.1, 0.15) is 20.4 Å².